The second-order valence-corrected chi connectivity index (χ2v) is 3.85. The molecule has 1 atom stereocenters. The van der Waals surface area contributed by atoms with Crippen LogP contribution in [0.25, 0.3) is 0 Å². The van der Waals surface area contributed by atoms with Crippen molar-refractivity contribution in [1.29, 1.82) is 0 Å². The molecule has 1 rings (SSSR count). The van der Waals surface area contributed by atoms with Crippen molar-refractivity contribution in [3.05, 3.63) is 0 Å². The summed E-state index contributed by atoms with van der Waals surface area (Å²) in [6, 6.07) is 0. The molecule has 0 unspecified atom stereocenters. The van der Waals surface area contributed by atoms with Gasteiger partial charge in [-0.15, -0.1) is 23.2 Å². The summed E-state index contributed by atoms with van der Waals surface area (Å²) >= 11 is 9.53. The average molecular weight is 228 g/mol. The summed E-state index contributed by atoms with van der Waals surface area (Å²) in [6.07, 6.45) is 1.87. The Morgan fingerprint density at radius 1 is 1.62 bits per heavy atom. The van der Waals surface area contributed by atoms with Crippen molar-refractivity contribution in [2.75, 3.05) is 25.5 Å². The number of carboxylic acids is 1. The highest BCUT2D eigenvalue weighted by molar-refractivity contribution is 6.40. The number of piperidine rings is 1. The first-order valence-electron chi connectivity index (χ1n) is 4.15. The van der Waals surface area contributed by atoms with Crippen molar-refractivity contribution < 1.29 is 9.90 Å². The number of rotatable bonds is 1. The van der Waals surface area contributed by atoms with E-state index in [1.165, 1.54) is 0 Å². The Hall–Kier alpha value is 0.01000. The minimum absolute atomic E-state index is 0.126. The van der Waals surface area contributed by atoms with Gasteiger partial charge in [-0.05, 0) is 26.4 Å². The summed E-state index contributed by atoms with van der Waals surface area (Å²) < 4.78 is 0. The quantitative estimate of drug-likeness (QED) is 0.696. The third-order valence-corrected chi connectivity index (χ3v) is 1.97. The molecule has 0 spiro atoms. The maximum atomic E-state index is 10.5. The summed E-state index contributed by atoms with van der Waals surface area (Å²) in [7, 11) is 1.97. The number of halogens is 2. The van der Waals surface area contributed by atoms with Crippen molar-refractivity contribution in [2.24, 2.45) is 5.92 Å². The second kappa shape index (κ2) is 7.42. The number of nitrogens with zero attached hydrogens (tertiary/aromatic N) is 1. The van der Waals surface area contributed by atoms with E-state index in [1.54, 1.807) is 0 Å². The van der Waals surface area contributed by atoms with Gasteiger partial charge in [0, 0.05) is 6.54 Å². The highest BCUT2D eigenvalue weighted by Gasteiger charge is 2.22. The minimum atomic E-state index is -0.647. The van der Waals surface area contributed by atoms with Crippen molar-refractivity contribution in [3.63, 3.8) is 0 Å². The molecule has 0 aromatic rings. The molecule has 1 heterocycles. The van der Waals surface area contributed by atoms with Gasteiger partial charge in [0.1, 0.15) is 0 Å². The SMILES string of the molecule is CN1CCC[C@H](C(=O)O)C1.ClCCl. The highest BCUT2D eigenvalue weighted by Crippen LogP contribution is 2.14. The van der Waals surface area contributed by atoms with E-state index in [2.05, 4.69) is 4.90 Å². The summed E-state index contributed by atoms with van der Waals surface area (Å²) in [5.41, 5.74) is 0. The van der Waals surface area contributed by atoms with Crippen LogP contribution >= 0.6 is 23.2 Å². The topological polar surface area (TPSA) is 40.5 Å². The lowest BCUT2D eigenvalue weighted by atomic mass is 9.99. The molecule has 1 saturated heterocycles. The zero-order valence-electron chi connectivity index (χ0n) is 7.67. The first-order valence-corrected chi connectivity index (χ1v) is 5.22. The van der Waals surface area contributed by atoms with Gasteiger partial charge in [0.2, 0.25) is 0 Å². The van der Waals surface area contributed by atoms with Gasteiger partial charge in [-0.2, -0.15) is 0 Å². The van der Waals surface area contributed by atoms with Crippen molar-refractivity contribution in [1.82, 2.24) is 4.90 Å². The summed E-state index contributed by atoms with van der Waals surface area (Å²) in [5, 5.41) is 8.82. The number of alkyl halides is 2. The average Bonchev–Trinajstić information content (AvgIpc) is 2.05. The lowest BCUT2D eigenvalue weighted by Crippen LogP contribution is -2.35. The molecule has 78 valence electrons. The molecule has 0 amide bonds. The lowest BCUT2D eigenvalue weighted by molar-refractivity contribution is -0.143. The maximum Gasteiger partial charge on any atom is 0.307 e. The van der Waals surface area contributed by atoms with E-state index in [1.807, 2.05) is 7.05 Å². The van der Waals surface area contributed by atoms with Crippen LogP contribution in [-0.4, -0.2) is 41.5 Å². The Kier molecular flexibility index (Phi) is 7.42. The van der Waals surface area contributed by atoms with Crippen LogP contribution in [0.4, 0.5) is 0 Å². The number of carbonyl (C=O) groups is 1. The zero-order valence-corrected chi connectivity index (χ0v) is 9.18. The van der Waals surface area contributed by atoms with E-state index < -0.39 is 5.97 Å². The highest BCUT2D eigenvalue weighted by atomic mass is 35.5. The fourth-order valence-corrected chi connectivity index (χ4v) is 1.37. The van der Waals surface area contributed by atoms with Crippen molar-refractivity contribution in [2.45, 2.75) is 12.8 Å². The van der Waals surface area contributed by atoms with Crippen LogP contribution in [0.1, 0.15) is 12.8 Å². The van der Waals surface area contributed by atoms with Gasteiger partial charge in [-0.3, -0.25) is 4.79 Å². The molecule has 0 bridgehead atoms. The summed E-state index contributed by atoms with van der Waals surface area (Å²) in [5.74, 6) is -0.773. The Morgan fingerprint density at radius 2 is 2.15 bits per heavy atom. The van der Waals surface area contributed by atoms with Gasteiger partial charge in [0.15, 0.2) is 0 Å². The van der Waals surface area contributed by atoms with Crippen LogP contribution in [0.3, 0.4) is 0 Å². The molecule has 3 nitrogen and oxygen atoms in total. The van der Waals surface area contributed by atoms with E-state index in [0.29, 0.717) is 0 Å². The maximum absolute atomic E-state index is 10.5. The normalized spacial score (nSPS) is 23.2. The molecule has 0 radical (unpaired) electrons. The molecule has 0 saturated carbocycles. The van der Waals surface area contributed by atoms with Crippen molar-refractivity contribution in [3.8, 4) is 0 Å². The van der Waals surface area contributed by atoms with E-state index in [4.69, 9.17) is 28.3 Å². The van der Waals surface area contributed by atoms with Gasteiger partial charge in [0.05, 0.1) is 11.3 Å². The Balaban J connectivity index is 0.000000424. The van der Waals surface area contributed by atoms with Crippen molar-refractivity contribution >= 4 is 29.2 Å². The van der Waals surface area contributed by atoms with E-state index >= 15 is 0 Å². The number of aliphatic carboxylic acids is 1. The predicted octanol–water partition coefficient (Wildman–Crippen LogP) is 1.83. The second-order valence-electron chi connectivity index (χ2n) is 3.04. The van der Waals surface area contributed by atoms with Crippen LogP contribution in [0.15, 0.2) is 0 Å². The Bertz CT molecular complexity index is 155. The van der Waals surface area contributed by atoms with Gasteiger partial charge in [-0.1, -0.05) is 0 Å². The van der Waals surface area contributed by atoms with Crippen LogP contribution in [-0.2, 0) is 4.79 Å². The Labute approximate surface area is 88.6 Å². The molecule has 0 aromatic heterocycles. The third-order valence-electron chi connectivity index (χ3n) is 1.97. The molecule has 1 fully saturated rings. The number of hydrogen-bond donors (Lipinski definition) is 1. The Morgan fingerprint density at radius 3 is 2.46 bits per heavy atom. The number of hydrogen-bond acceptors (Lipinski definition) is 2. The fourth-order valence-electron chi connectivity index (χ4n) is 1.37. The lowest BCUT2D eigenvalue weighted by Gasteiger charge is -2.26. The molecule has 1 aliphatic rings. The van der Waals surface area contributed by atoms with Gasteiger partial charge < -0.3 is 10.0 Å². The minimum Gasteiger partial charge on any atom is -0.481 e. The number of likely N-dealkylation sites (tertiary alicyclic amines) is 1. The van der Waals surface area contributed by atoms with E-state index in [9.17, 15) is 4.79 Å². The van der Waals surface area contributed by atoms with E-state index in [-0.39, 0.29) is 11.3 Å². The molecular formula is C8H15Cl2NO2. The molecule has 0 aliphatic carbocycles. The van der Waals surface area contributed by atoms with Gasteiger partial charge in [-0.25, -0.2) is 0 Å². The molecule has 13 heavy (non-hydrogen) atoms. The van der Waals surface area contributed by atoms with Crippen LogP contribution < -0.4 is 0 Å². The van der Waals surface area contributed by atoms with Crippen LogP contribution in [0, 0.1) is 5.92 Å². The molecule has 1 N–H and O–H groups in total. The third kappa shape index (κ3) is 6.13. The summed E-state index contributed by atoms with van der Waals surface area (Å²) in [4.78, 5) is 12.5. The predicted molar refractivity (Wildman–Crippen MR) is 54.4 cm³/mol. The van der Waals surface area contributed by atoms with Crippen LogP contribution in [0.2, 0.25) is 0 Å². The zero-order chi connectivity index (χ0) is 10.3. The fraction of sp³-hybridized carbons (Fsp3) is 0.875. The smallest absolute Gasteiger partial charge is 0.307 e. The molecule has 5 heteroatoms. The number of carboxylic acid groups (broad SMARTS) is 1. The molecular weight excluding hydrogens is 213 g/mol. The summed E-state index contributed by atoms with van der Waals surface area (Å²) in [6.45, 7) is 1.76. The monoisotopic (exact) mass is 227 g/mol. The van der Waals surface area contributed by atoms with Crippen LogP contribution in [0.5, 0.6) is 0 Å². The molecule has 0 aromatic carbocycles. The molecule has 1 aliphatic heterocycles. The van der Waals surface area contributed by atoms with Gasteiger partial charge >= 0.3 is 5.97 Å². The first-order chi connectivity index (χ1) is 6.11. The standard InChI is InChI=1S/C7H13NO2.CH2Cl2/c1-8-4-2-3-6(5-8)7(9)10;2-1-3/h6H,2-5H2,1H3,(H,9,10);1H2/t6-;/m0./s1. The van der Waals surface area contributed by atoms with Gasteiger partial charge in [0.25, 0.3) is 0 Å². The van der Waals surface area contributed by atoms with E-state index in [0.717, 1.165) is 25.9 Å². The first kappa shape index (κ1) is 13.0. The largest absolute Gasteiger partial charge is 0.481 e.